The summed E-state index contributed by atoms with van der Waals surface area (Å²) in [5, 5.41) is 0. The zero-order valence-corrected chi connectivity index (χ0v) is 9.96. The molecule has 98 valence electrons. The lowest BCUT2D eigenvalue weighted by Gasteiger charge is -2.11. The van der Waals surface area contributed by atoms with Gasteiger partial charge >= 0.3 is 0 Å². The first-order chi connectivity index (χ1) is 8.59. The number of carbonyl (C=O) groups excluding carboxylic acids is 2. The fourth-order valence-corrected chi connectivity index (χ4v) is 1.35. The van der Waals surface area contributed by atoms with Gasteiger partial charge in [-0.2, -0.15) is 0 Å². The van der Waals surface area contributed by atoms with E-state index >= 15 is 0 Å². The maximum absolute atomic E-state index is 11.4. The highest BCUT2D eigenvalue weighted by Crippen LogP contribution is 2.03. The maximum Gasteiger partial charge on any atom is 0.260 e. The van der Waals surface area contributed by atoms with E-state index in [1.54, 1.807) is 0 Å². The molecular formula is C12H17N3O3. The zero-order valence-electron chi connectivity index (χ0n) is 9.96. The van der Waals surface area contributed by atoms with Gasteiger partial charge in [0.1, 0.15) is 0 Å². The van der Waals surface area contributed by atoms with E-state index in [9.17, 15) is 9.59 Å². The Labute approximate surface area is 105 Å². The molecule has 0 spiro atoms. The summed E-state index contributed by atoms with van der Waals surface area (Å²) in [6.45, 7) is -0.364. The van der Waals surface area contributed by atoms with E-state index in [1.165, 1.54) is 0 Å². The lowest BCUT2D eigenvalue weighted by molar-refractivity contribution is -0.139. The first kappa shape index (κ1) is 14.1. The summed E-state index contributed by atoms with van der Waals surface area (Å²) in [7, 11) is 0. The molecule has 0 bridgehead atoms. The Morgan fingerprint density at radius 1 is 1.28 bits per heavy atom. The van der Waals surface area contributed by atoms with Crippen LogP contribution in [0.3, 0.4) is 0 Å². The van der Waals surface area contributed by atoms with Gasteiger partial charge in [-0.1, -0.05) is 30.3 Å². The maximum atomic E-state index is 11.4. The van der Waals surface area contributed by atoms with Gasteiger partial charge in [0, 0.05) is 0 Å². The Morgan fingerprint density at radius 3 is 2.56 bits per heavy atom. The van der Waals surface area contributed by atoms with Crippen molar-refractivity contribution >= 4 is 11.8 Å². The summed E-state index contributed by atoms with van der Waals surface area (Å²) >= 11 is 0. The third-order valence-corrected chi connectivity index (χ3v) is 2.31. The van der Waals surface area contributed by atoms with Gasteiger partial charge in [-0.25, -0.2) is 5.48 Å². The molecule has 18 heavy (non-hydrogen) atoms. The number of hydrogen-bond donors (Lipinski definition) is 3. The van der Waals surface area contributed by atoms with E-state index in [4.69, 9.17) is 11.5 Å². The van der Waals surface area contributed by atoms with Crippen molar-refractivity contribution in [1.29, 1.82) is 0 Å². The van der Waals surface area contributed by atoms with Crippen molar-refractivity contribution < 1.29 is 14.4 Å². The van der Waals surface area contributed by atoms with Crippen molar-refractivity contribution in [3.8, 4) is 0 Å². The quantitative estimate of drug-likeness (QED) is 0.567. The van der Waals surface area contributed by atoms with Crippen LogP contribution in [-0.2, 0) is 20.8 Å². The molecule has 0 aromatic heterocycles. The molecule has 0 fully saturated rings. The number of benzene rings is 1. The van der Waals surface area contributed by atoms with Gasteiger partial charge in [0.2, 0.25) is 5.91 Å². The lowest BCUT2D eigenvalue weighted by atomic mass is 10.1. The van der Waals surface area contributed by atoms with Crippen LogP contribution in [0.25, 0.3) is 0 Å². The lowest BCUT2D eigenvalue weighted by Crippen LogP contribution is -2.41. The van der Waals surface area contributed by atoms with E-state index in [2.05, 4.69) is 10.3 Å². The minimum absolute atomic E-state index is 0.364. The number of aryl methyl sites for hydroxylation is 1. The van der Waals surface area contributed by atoms with Crippen LogP contribution in [0.2, 0.25) is 0 Å². The summed E-state index contributed by atoms with van der Waals surface area (Å²) in [4.78, 5) is 26.4. The van der Waals surface area contributed by atoms with Gasteiger partial charge in [-0.3, -0.25) is 14.4 Å². The normalized spacial score (nSPS) is 11.8. The van der Waals surface area contributed by atoms with Crippen LogP contribution < -0.4 is 16.9 Å². The summed E-state index contributed by atoms with van der Waals surface area (Å²) < 4.78 is 0. The highest BCUT2D eigenvalue weighted by atomic mass is 16.7. The number of rotatable bonds is 7. The number of carbonyl (C=O) groups is 2. The summed E-state index contributed by atoms with van der Waals surface area (Å²) in [6, 6.07) is 9.03. The van der Waals surface area contributed by atoms with Crippen LogP contribution in [0.4, 0.5) is 0 Å². The van der Waals surface area contributed by atoms with Gasteiger partial charge < -0.3 is 11.5 Å². The predicted molar refractivity (Wildman–Crippen MR) is 66.0 cm³/mol. The second-order valence-corrected chi connectivity index (χ2v) is 3.85. The van der Waals surface area contributed by atoms with Crippen molar-refractivity contribution in [1.82, 2.24) is 5.48 Å². The number of hydrogen-bond acceptors (Lipinski definition) is 4. The molecule has 1 unspecified atom stereocenters. The molecule has 0 aliphatic rings. The van der Waals surface area contributed by atoms with Crippen LogP contribution in [0, 0.1) is 0 Å². The fourth-order valence-electron chi connectivity index (χ4n) is 1.35. The standard InChI is InChI=1S/C12H17N3O3/c13-10(12(17)15-18-8-11(14)16)7-6-9-4-2-1-3-5-9/h1-5,10H,6-8,13H2,(H2,14,16)(H,15,17). The van der Waals surface area contributed by atoms with Crippen molar-refractivity contribution in [2.24, 2.45) is 11.5 Å². The molecule has 1 aromatic rings. The molecule has 0 radical (unpaired) electrons. The average Bonchev–Trinajstić information content (AvgIpc) is 2.36. The first-order valence-corrected chi connectivity index (χ1v) is 5.59. The number of primary amides is 1. The minimum atomic E-state index is -0.682. The van der Waals surface area contributed by atoms with Gasteiger partial charge in [0.05, 0.1) is 6.04 Å². The van der Waals surface area contributed by atoms with E-state index in [-0.39, 0.29) is 6.61 Å². The number of nitrogens with one attached hydrogen (secondary N) is 1. The molecule has 6 heteroatoms. The minimum Gasteiger partial charge on any atom is -0.368 e. The van der Waals surface area contributed by atoms with E-state index in [1.807, 2.05) is 30.3 Å². The molecular weight excluding hydrogens is 234 g/mol. The van der Waals surface area contributed by atoms with Crippen molar-refractivity contribution in [3.05, 3.63) is 35.9 Å². The topological polar surface area (TPSA) is 107 Å². The molecule has 2 amide bonds. The molecule has 0 heterocycles. The predicted octanol–water partition coefficient (Wildman–Crippen LogP) is -0.520. The number of nitrogens with two attached hydrogens (primary N) is 2. The van der Waals surface area contributed by atoms with Gasteiger partial charge in [0.25, 0.3) is 5.91 Å². The Hall–Kier alpha value is -1.92. The zero-order chi connectivity index (χ0) is 13.4. The second-order valence-electron chi connectivity index (χ2n) is 3.85. The summed E-state index contributed by atoms with van der Waals surface area (Å²) in [6.07, 6.45) is 1.20. The Balaban J connectivity index is 2.25. The van der Waals surface area contributed by atoms with Gasteiger partial charge in [0.15, 0.2) is 6.61 Å². The van der Waals surface area contributed by atoms with Gasteiger partial charge in [-0.15, -0.1) is 0 Å². The van der Waals surface area contributed by atoms with Crippen molar-refractivity contribution in [2.75, 3.05) is 6.61 Å². The van der Waals surface area contributed by atoms with Crippen molar-refractivity contribution in [2.45, 2.75) is 18.9 Å². The monoisotopic (exact) mass is 251 g/mol. The fraction of sp³-hybridized carbons (Fsp3) is 0.333. The smallest absolute Gasteiger partial charge is 0.260 e. The van der Waals surface area contributed by atoms with E-state index < -0.39 is 17.9 Å². The number of amides is 2. The van der Waals surface area contributed by atoms with Crippen LogP contribution in [0.1, 0.15) is 12.0 Å². The largest absolute Gasteiger partial charge is 0.368 e. The Kier molecular flexibility index (Phi) is 5.83. The Bertz CT molecular complexity index is 395. The molecule has 1 aromatic carbocycles. The highest BCUT2D eigenvalue weighted by Gasteiger charge is 2.13. The highest BCUT2D eigenvalue weighted by molar-refractivity contribution is 5.81. The Morgan fingerprint density at radius 2 is 1.94 bits per heavy atom. The second kappa shape index (κ2) is 7.41. The summed E-state index contributed by atoms with van der Waals surface area (Å²) in [5.74, 6) is -1.12. The van der Waals surface area contributed by atoms with Gasteiger partial charge in [-0.05, 0) is 18.4 Å². The van der Waals surface area contributed by atoms with Crippen LogP contribution >= 0.6 is 0 Å². The first-order valence-electron chi connectivity index (χ1n) is 5.59. The van der Waals surface area contributed by atoms with Crippen LogP contribution in [0.15, 0.2) is 30.3 Å². The molecule has 0 aliphatic heterocycles. The molecule has 1 rings (SSSR count). The third kappa shape index (κ3) is 5.42. The van der Waals surface area contributed by atoms with Crippen LogP contribution in [0.5, 0.6) is 0 Å². The average molecular weight is 251 g/mol. The summed E-state index contributed by atoms with van der Waals surface area (Å²) in [5.41, 5.74) is 13.7. The van der Waals surface area contributed by atoms with E-state index in [0.717, 1.165) is 5.56 Å². The molecule has 0 aliphatic carbocycles. The number of hydroxylamine groups is 1. The third-order valence-electron chi connectivity index (χ3n) is 2.31. The molecule has 6 nitrogen and oxygen atoms in total. The SMILES string of the molecule is NC(=O)CONC(=O)C(N)CCc1ccccc1. The molecule has 1 atom stereocenters. The molecule has 5 N–H and O–H groups in total. The molecule has 0 saturated carbocycles. The van der Waals surface area contributed by atoms with Crippen molar-refractivity contribution in [3.63, 3.8) is 0 Å². The van der Waals surface area contributed by atoms with Crippen LogP contribution in [-0.4, -0.2) is 24.5 Å². The molecule has 0 saturated heterocycles. The van der Waals surface area contributed by atoms with E-state index in [0.29, 0.717) is 12.8 Å².